The summed E-state index contributed by atoms with van der Waals surface area (Å²) in [7, 11) is 0. The number of hydrogen-bond acceptors (Lipinski definition) is 3. The van der Waals surface area contributed by atoms with E-state index in [0.717, 1.165) is 19.3 Å². The first kappa shape index (κ1) is 33.0. The van der Waals surface area contributed by atoms with Gasteiger partial charge in [-0.1, -0.05) is 104 Å². The normalized spacial score (nSPS) is 41.4. The molecule has 36 heavy (non-hydrogen) atoms. The fourth-order valence-corrected chi connectivity index (χ4v) is 6.79. The Morgan fingerprint density at radius 1 is 0.583 bits per heavy atom. The number of carbonyl (C=O) groups is 3. The van der Waals surface area contributed by atoms with Gasteiger partial charge in [-0.2, -0.15) is 0 Å². The van der Waals surface area contributed by atoms with Crippen LogP contribution in [0.1, 0.15) is 123 Å². The zero-order valence-electron chi connectivity index (χ0n) is 26.5. The molecule has 3 nitrogen and oxygen atoms in total. The molecule has 210 valence electrons. The lowest BCUT2D eigenvalue weighted by molar-refractivity contribution is -0.140. The van der Waals surface area contributed by atoms with Crippen LogP contribution in [0, 0.1) is 69.5 Å². The maximum absolute atomic E-state index is 11.9. The molecule has 3 saturated carbocycles. The minimum absolute atomic E-state index is 0.170. The van der Waals surface area contributed by atoms with Gasteiger partial charge in [-0.3, -0.25) is 14.4 Å². The van der Waals surface area contributed by atoms with E-state index in [9.17, 15) is 14.4 Å². The second kappa shape index (κ2) is 11.8. The molecule has 0 heterocycles. The van der Waals surface area contributed by atoms with Crippen molar-refractivity contribution in [2.24, 2.45) is 69.5 Å². The zero-order valence-corrected chi connectivity index (χ0v) is 26.5. The standard InChI is InChI=1S/C12H22O.C11H20O.C10H18O/c1-7-8(2)11(13)10(4)12(5,6)9(7)3;1-7-6-10(12)9(3)11(4,5)8(7)2;1-7-5-9(11)6-10(3,4)8(7)2/h7-10H,1-6H3;7-9H,6H2,1-5H3;7-8H,5-6H2,1-4H3. The second-order valence-electron chi connectivity index (χ2n) is 15.0. The third kappa shape index (κ3) is 6.90. The molecule has 0 radical (unpaired) electrons. The van der Waals surface area contributed by atoms with Crippen LogP contribution in [0.4, 0.5) is 0 Å². The predicted molar refractivity (Wildman–Crippen MR) is 153 cm³/mol. The van der Waals surface area contributed by atoms with Crippen molar-refractivity contribution in [3.05, 3.63) is 0 Å². The largest absolute Gasteiger partial charge is 0.300 e. The molecule has 9 unspecified atom stereocenters. The molecule has 0 N–H and O–H groups in total. The van der Waals surface area contributed by atoms with Gasteiger partial charge in [0, 0.05) is 37.0 Å². The van der Waals surface area contributed by atoms with Crippen molar-refractivity contribution in [2.45, 2.75) is 123 Å². The summed E-state index contributed by atoms with van der Waals surface area (Å²) in [6, 6.07) is 0. The molecular formula is C33H60O3. The fourth-order valence-electron chi connectivity index (χ4n) is 6.79. The van der Waals surface area contributed by atoms with Crippen LogP contribution < -0.4 is 0 Å². The number of hydrogen-bond donors (Lipinski definition) is 0. The van der Waals surface area contributed by atoms with Crippen LogP contribution in [0.5, 0.6) is 0 Å². The van der Waals surface area contributed by atoms with Gasteiger partial charge in [0.05, 0.1) is 0 Å². The monoisotopic (exact) mass is 504 g/mol. The van der Waals surface area contributed by atoms with Crippen LogP contribution in [0.15, 0.2) is 0 Å². The Balaban J connectivity index is 0.000000271. The van der Waals surface area contributed by atoms with Crippen LogP contribution in [-0.4, -0.2) is 17.3 Å². The van der Waals surface area contributed by atoms with Crippen LogP contribution in [-0.2, 0) is 14.4 Å². The average molecular weight is 505 g/mol. The molecule has 0 bridgehead atoms. The van der Waals surface area contributed by atoms with E-state index in [-0.39, 0.29) is 34.0 Å². The first-order valence-corrected chi connectivity index (χ1v) is 14.7. The quantitative estimate of drug-likeness (QED) is 0.331. The van der Waals surface area contributed by atoms with Crippen molar-refractivity contribution in [1.82, 2.24) is 0 Å². The van der Waals surface area contributed by atoms with Crippen LogP contribution in [0.3, 0.4) is 0 Å². The van der Waals surface area contributed by atoms with Crippen molar-refractivity contribution in [2.75, 3.05) is 0 Å². The summed E-state index contributed by atoms with van der Waals surface area (Å²) in [6.07, 6.45) is 2.36. The molecule has 0 amide bonds. The molecule has 3 heteroatoms. The molecule has 9 atom stereocenters. The lowest BCUT2D eigenvalue weighted by Gasteiger charge is -2.47. The number of carbonyl (C=O) groups excluding carboxylic acids is 3. The Morgan fingerprint density at radius 3 is 1.50 bits per heavy atom. The summed E-state index contributed by atoms with van der Waals surface area (Å²) in [5.41, 5.74) is 0.590. The van der Waals surface area contributed by atoms with Gasteiger partial charge in [0.2, 0.25) is 0 Å². The zero-order chi connectivity index (χ0) is 28.5. The molecule has 0 aliphatic heterocycles. The molecule has 3 aliphatic carbocycles. The third-order valence-electron chi connectivity index (χ3n) is 12.2. The lowest BCUT2D eigenvalue weighted by Crippen LogP contribution is -2.47. The highest BCUT2D eigenvalue weighted by molar-refractivity contribution is 5.85. The van der Waals surface area contributed by atoms with E-state index in [1.165, 1.54) is 0 Å². The summed E-state index contributed by atoms with van der Waals surface area (Å²) in [5.74, 6) is 5.69. The van der Waals surface area contributed by atoms with Gasteiger partial charge >= 0.3 is 0 Å². The van der Waals surface area contributed by atoms with Crippen molar-refractivity contribution in [3.8, 4) is 0 Å². The SMILES string of the molecule is CC1C(=O)C(C)C(C)(C)C(C)C1C.CC1CC(=O)C(C)C(C)(C)C1C.CC1CC(=O)CC(C)(C)C1C. The van der Waals surface area contributed by atoms with E-state index >= 15 is 0 Å². The highest BCUT2D eigenvalue weighted by Crippen LogP contribution is 2.48. The average Bonchev–Trinajstić information content (AvgIpc) is 2.77. The number of ketones is 3. The number of Topliss-reactive ketones (excluding diaryl/α,β-unsaturated/α-hetero) is 3. The first-order chi connectivity index (χ1) is 16.1. The lowest BCUT2D eigenvalue weighted by atomic mass is 9.56. The Hall–Kier alpha value is -0.990. The maximum atomic E-state index is 11.9. The van der Waals surface area contributed by atoms with Crippen LogP contribution >= 0.6 is 0 Å². The summed E-state index contributed by atoms with van der Waals surface area (Å²) in [4.78, 5) is 34.7. The molecule has 3 rings (SSSR count). The first-order valence-electron chi connectivity index (χ1n) is 14.7. The topological polar surface area (TPSA) is 51.2 Å². The fraction of sp³-hybridized carbons (Fsp3) is 0.909. The van der Waals surface area contributed by atoms with E-state index in [4.69, 9.17) is 0 Å². The van der Waals surface area contributed by atoms with Crippen molar-refractivity contribution < 1.29 is 14.4 Å². The molecule has 0 spiro atoms. The Kier molecular flexibility index (Phi) is 10.8. The van der Waals surface area contributed by atoms with Gasteiger partial charge in [-0.25, -0.2) is 0 Å². The van der Waals surface area contributed by atoms with Gasteiger partial charge in [0.15, 0.2) is 0 Å². The molecule has 0 aromatic rings. The predicted octanol–water partition coefficient (Wildman–Crippen LogP) is 8.68. The maximum Gasteiger partial charge on any atom is 0.139 e. The highest BCUT2D eigenvalue weighted by Gasteiger charge is 2.47. The van der Waals surface area contributed by atoms with Gasteiger partial charge in [0.1, 0.15) is 17.3 Å². The van der Waals surface area contributed by atoms with E-state index in [0.29, 0.717) is 52.9 Å². The van der Waals surface area contributed by atoms with Crippen LogP contribution in [0.2, 0.25) is 0 Å². The molecule has 3 fully saturated rings. The summed E-state index contributed by atoms with van der Waals surface area (Å²) in [5, 5.41) is 0. The van der Waals surface area contributed by atoms with E-state index in [1.807, 2.05) is 0 Å². The second-order valence-corrected chi connectivity index (χ2v) is 15.0. The van der Waals surface area contributed by atoms with Gasteiger partial charge < -0.3 is 0 Å². The van der Waals surface area contributed by atoms with Crippen LogP contribution in [0.25, 0.3) is 0 Å². The Labute approximate surface area is 224 Å². The van der Waals surface area contributed by atoms with E-state index in [2.05, 4.69) is 104 Å². The Morgan fingerprint density at radius 2 is 1.03 bits per heavy atom. The smallest absolute Gasteiger partial charge is 0.139 e. The summed E-state index contributed by atoms with van der Waals surface area (Å²) in [6.45, 7) is 32.9. The van der Waals surface area contributed by atoms with Gasteiger partial charge in [0.25, 0.3) is 0 Å². The summed E-state index contributed by atoms with van der Waals surface area (Å²) >= 11 is 0. The summed E-state index contributed by atoms with van der Waals surface area (Å²) < 4.78 is 0. The van der Waals surface area contributed by atoms with Crippen molar-refractivity contribution >= 4 is 17.3 Å². The van der Waals surface area contributed by atoms with Gasteiger partial charge in [-0.05, 0) is 51.8 Å². The number of rotatable bonds is 0. The third-order valence-corrected chi connectivity index (χ3v) is 12.2. The van der Waals surface area contributed by atoms with Crippen molar-refractivity contribution in [1.29, 1.82) is 0 Å². The van der Waals surface area contributed by atoms with E-state index < -0.39 is 0 Å². The molecule has 0 aromatic heterocycles. The van der Waals surface area contributed by atoms with Gasteiger partial charge in [-0.15, -0.1) is 0 Å². The highest BCUT2D eigenvalue weighted by atomic mass is 16.1. The van der Waals surface area contributed by atoms with Crippen molar-refractivity contribution in [3.63, 3.8) is 0 Å². The van der Waals surface area contributed by atoms with E-state index in [1.54, 1.807) is 0 Å². The molecule has 0 aromatic carbocycles. The Bertz CT molecular complexity index is 789. The molecule has 0 saturated heterocycles. The minimum Gasteiger partial charge on any atom is -0.300 e. The molecular weight excluding hydrogens is 444 g/mol. The molecule has 3 aliphatic rings. The minimum atomic E-state index is 0.170.